The van der Waals surface area contributed by atoms with E-state index >= 15 is 0 Å². The summed E-state index contributed by atoms with van der Waals surface area (Å²) in [4.78, 5) is 22.8. The lowest BCUT2D eigenvalue weighted by Crippen LogP contribution is -2.50. The summed E-state index contributed by atoms with van der Waals surface area (Å²) in [6.45, 7) is 12.2. The minimum absolute atomic E-state index is 0.00948. The highest BCUT2D eigenvalue weighted by molar-refractivity contribution is 5.89. The number of hydrogen-bond donors (Lipinski definition) is 0. The first-order valence-electron chi connectivity index (χ1n) is 10.2. The van der Waals surface area contributed by atoms with Crippen molar-refractivity contribution in [3.05, 3.63) is 69.8 Å². The van der Waals surface area contributed by atoms with Crippen LogP contribution in [-0.4, -0.2) is 28.2 Å². The van der Waals surface area contributed by atoms with Crippen LogP contribution in [0.4, 0.5) is 11.5 Å². The van der Waals surface area contributed by atoms with Gasteiger partial charge in [-0.15, -0.1) is 4.98 Å². The van der Waals surface area contributed by atoms with Crippen molar-refractivity contribution in [1.82, 2.24) is 9.55 Å². The van der Waals surface area contributed by atoms with Crippen molar-refractivity contribution in [2.24, 2.45) is 13.0 Å². The summed E-state index contributed by atoms with van der Waals surface area (Å²) in [6, 6.07) is 14.5. The van der Waals surface area contributed by atoms with Crippen molar-refractivity contribution in [1.29, 1.82) is 5.26 Å². The molecule has 0 N–H and O–H groups in total. The van der Waals surface area contributed by atoms with Gasteiger partial charge >= 0.3 is 0 Å². The zero-order valence-corrected chi connectivity index (χ0v) is 17.7. The highest BCUT2D eigenvalue weighted by Crippen LogP contribution is 2.34. The molecule has 0 amide bonds. The molecule has 1 aliphatic rings. The molecule has 4 rings (SSSR count). The third-order valence-electron chi connectivity index (χ3n) is 5.95. The molecular weight excluding hydrogens is 390 g/mol. The predicted octanol–water partition coefficient (Wildman–Crippen LogP) is 4.04. The molecule has 0 spiro atoms. The van der Waals surface area contributed by atoms with Gasteiger partial charge in [0.05, 0.1) is 22.8 Å². The number of benzene rings is 1. The van der Waals surface area contributed by atoms with E-state index in [0.717, 1.165) is 12.1 Å². The Kier molecular flexibility index (Phi) is 5.35. The molecule has 7 heteroatoms. The van der Waals surface area contributed by atoms with Crippen LogP contribution in [0.25, 0.3) is 15.9 Å². The van der Waals surface area contributed by atoms with E-state index in [2.05, 4.69) is 34.6 Å². The van der Waals surface area contributed by atoms with Gasteiger partial charge in [0.1, 0.15) is 11.9 Å². The number of nitrogens with zero attached hydrogens (tertiary/aromatic N) is 5. The Morgan fingerprint density at radius 3 is 2.81 bits per heavy atom. The number of fused-ring (bicyclic) bond motifs is 1. The molecule has 3 heterocycles. The van der Waals surface area contributed by atoms with E-state index in [-0.39, 0.29) is 23.6 Å². The van der Waals surface area contributed by atoms with Crippen molar-refractivity contribution in [3.63, 3.8) is 0 Å². The maximum Gasteiger partial charge on any atom is 0.270 e. The van der Waals surface area contributed by atoms with Crippen LogP contribution in [0.2, 0.25) is 0 Å². The Morgan fingerprint density at radius 1 is 1.26 bits per heavy atom. The second kappa shape index (κ2) is 8.12. The summed E-state index contributed by atoms with van der Waals surface area (Å²) in [7, 11) is 1.72. The van der Waals surface area contributed by atoms with E-state index in [0.29, 0.717) is 34.7 Å². The number of anilines is 1. The number of aromatic nitrogens is 2. The molecule has 1 aromatic carbocycles. The number of rotatable bonds is 3. The molecule has 3 aromatic rings. The van der Waals surface area contributed by atoms with Crippen LogP contribution >= 0.6 is 0 Å². The van der Waals surface area contributed by atoms with Gasteiger partial charge in [0, 0.05) is 38.0 Å². The number of pyridine rings is 2. The summed E-state index contributed by atoms with van der Waals surface area (Å²) in [5, 5.41) is 9.12. The van der Waals surface area contributed by atoms with Gasteiger partial charge in [0.2, 0.25) is 5.52 Å². The Balaban J connectivity index is 1.66. The van der Waals surface area contributed by atoms with Gasteiger partial charge in [0.15, 0.2) is 0 Å². The fraction of sp³-hybridized carbons (Fsp3) is 0.333. The first-order valence-corrected chi connectivity index (χ1v) is 10.2. The quantitative estimate of drug-likeness (QED) is 0.606. The highest BCUT2D eigenvalue weighted by Gasteiger charge is 2.34. The molecule has 1 saturated heterocycles. The van der Waals surface area contributed by atoms with Crippen molar-refractivity contribution in [3.8, 4) is 11.8 Å². The van der Waals surface area contributed by atoms with Gasteiger partial charge in [-0.2, -0.15) is 5.26 Å². The summed E-state index contributed by atoms with van der Waals surface area (Å²) >= 11 is 0. The monoisotopic (exact) mass is 413 g/mol. The van der Waals surface area contributed by atoms with Crippen LogP contribution in [0.3, 0.4) is 0 Å². The second-order valence-corrected chi connectivity index (χ2v) is 8.09. The fourth-order valence-electron chi connectivity index (χ4n) is 4.20. The van der Waals surface area contributed by atoms with Crippen LogP contribution in [-0.2, 0) is 7.05 Å². The lowest BCUT2D eigenvalue weighted by Gasteiger charge is -2.42. The predicted molar refractivity (Wildman–Crippen MR) is 119 cm³/mol. The van der Waals surface area contributed by atoms with E-state index in [1.807, 2.05) is 12.1 Å². The van der Waals surface area contributed by atoms with E-state index in [4.69, 9.17) is 16.6 Å². The van der Waals surface area contributed by atoms with Crippen LogP contribution in [0.15, 0.2) is 47.3 Å². The lowest BCUT2D eigenvalue weighted by atomic mass is 9.91. The van der Waals surface area contributed by atoms with Gasteiger partial charge < -0.3 is 19.0 Å². The lowest BCUT2D eigenvalue weighted by molar-refractivity contribution is 0.107. The normalized spacial score (nSPS) is 20.8. The molecule has 0 saturated carbocycles. The van der Waals surface area contributed by atoms with E-state index in [1.54, 1.807) is 41.9 Å². The van der Waals surface area contributed by atoms with Gasteiger partial charge in [-0.1, -0.05) is 19.6 Å². The number of aryl methyl sites for hydroxylation is 1. The summed E-state index contributed by atoms with van der Waals surface area (Å²) in [5.74, 6) is 1.19. The summed E-state index contributed by atoms with van der Waals surface area (Å²) in [5.41, 5.74) is 2.60. The van der Waals surface area contributed by atoms with E-state index < -0.39 is 0 Å². The molecule has 0 unspecified atom stereocenters. The van der Waals surface area contributed by atoms with Gasteiger partial charge in [0.25, 0.3) is 11.4 Å². The maximum atomic E-state index is 12.6. The molecule has 1 aliphatic heterocycles. The molecule has 2 aromatic heterocycles. The van der Waals surface area contributed by atoms with E-state index in [9.17, 15) is 4.79 Å². The third-order valence-corrected chi connectivity index (χ3v) is 5.95. The smallest absolute Gasteiger partial charge is 0.270 e. The Labute approximate surface area is 180 Å². The largest absolute Gasteiger partial charge is 0.490 e. The van der Waals surface area contributed by atoms with Crippen molar-refractivity contribution in [2.75, 3.05) is 11.4 Å². The topological polar surface area (TPSA) is 75.5 Å². The fourth-order valence-corrected chi connectivity index (χ4v) is 4.20. The standard InChI is InChI=1S/C24H23N5O2/c1-15-14-29(16(2)10-21(15)31-18-7-5-6-17(11-18)13-25)20-12-23(30)28(4)19-8-9-22(26-3)27-24(19)20/h5-9,11-12,15-16,21H,10,14H2,1-2,4H3/t15-,16-,21+/m0/s1. The summed E-state index contributed by atoms with van der Waals surface area (Å²) in [6.07, 6.45) is 0.752. The molecule has 0 aliphatic carbocycles. The highest BCUT2D eigenvalue weighted by atomic mass is 16.5. The average Bonchev–Trinajstić information content (AvgIpc) is 2.78. The van der Waals surface area contributed by atoms with Gasteiger partial charge in [-0.05, 0) is 37.3 Å². The number of nitriles is 1. The molecule has 0 bridgehead atoms. The Morgan fingerprint density at radius 2 is 2.06 bits per heavy atom. The minimum Gasteiger partial charge on any atom is -0.490 e. The van der Waals surface area contributed by atoms with Crippen LogP contribution < -0.4 is 15.2 Å². The Bertz CT molecular complexity index is 1280. The molecule has 7 nitrogen and oxygen atoms in total. The van der Waals surface area contributed by atoms with Crippen molar-refractivity contribution < 1.29 is 4.74 Å². The maximum absolute atomic E-state index is 12.6. The second-order valence-electron chi connectivity index (χ2n) is 8.09. The third kappa shape index (κ3) is 3.83. The molecule has 31 heavy (non-hydrogen) atoms. The molecular formula is C24H23N5O2. The molecule has 3 atom stereocenters. The van der Waals surface area contributed by atoms with Crippen molar-refractivity contribution >= 4 is 22.5 Å². The van der Waals surface area contributed by atoms with Gasteiger partial charge in [-0.25, -0.2) is 0 Å². The first kappa shape index (κ1) is 20.4. The summed E-state index contributed by atoms with van der Waals surface area (Å²) < 4.78 is 7.79. The molecule has 0 radical (unpaired) electrons. The van der Waals surface area contributed by atoms with Crippen LogP contribution in [0.1, 0.15) is 25.8 Å². The van der Waals surface area contributed by atoms with E-state index in [1.165, 1.54) is 0 Å². The average molecular weight is 413 g/mol. The Hall–Kier alpha value is -3.84. The van der Waals surface area contributed by atoms with Gasteiger partial charge in [-0.3, -0.25) is 4.79 Å². The van der Waals surface area contributed by atoms with Crippen molar-refractivity contribution in [2.45, 2.75) is 32.4 Å². The first-order chi connectivity index (χ1) is 14.9. The molecule has 156 valence electrons. The SMILES string of the molecule is [C-]#[N+]c1ccc2c(n1)c(N1C[C@H](C)[C@H](Oc3cccc(C#N)c3)C[C@@H]1C)cc(=O)n2C. The molecule has 1 fully saturated rings. The van der Waals surface area contributed by atoms with Crippen LogP contribution in [0.5, 0.6) is 5.75 Å². The zero-order valence-electron chi connectivity index (χ0n) is 17.7. The number of hydrogen-bond acceptors (Lipinski definition) is 5. The minimum atomic E-state index is -0.105. The number of piperidine rings is 1. The zero-order chi connectivity index (χ0) is 22.1. The number of ether oxygens (including phenoxy) is 1. The van der Waals surface area contributed by atoms with Crippen LogP contribution in [0, 0.1) is 23.8 Å².